The van der Waals surface area contributed by atoms with Crippen LogP contribution in [-0.2, 0) is 9.53 Å². The van der Waals surface area contributed by atoms with E-state index in [0.717, 1.165) is 11.1 Å². The molecule has 1 aromatic heterocycles. The minimum Gasteiger partial charge on any atom is -0.444 e. The lowest BCUT2D eigenvalue weighted by atomic mass is 9.96. The fraction of sp³-hybridized carbons (Fsp3) is 0.391. The summed E-state index contributed by atoms with van der Waals surface area (Å²) < 4.78 is 5.40. The summed E-state index contributed by atoms with van der Waals surface area (Å²) in [4.78, 5) is 30.8. The number of hydrogen-bond acceptors (Lipinski definition) is 5. The van der Waals surface area contributed by atoms with E-state index in [1.807, 2.05) is 39.0 Å². The molecule has 30 heavy (non-hydrogen) atoms. The maximum atomic E-state index is 12.7. The number of benzene rings is 1. The monoisotopic (exact) mass is 406 g/mol. The Balaban J connectivity index is 1.59. The number of piperidine rings is 1. The molecule has 3 rings (SSSR count). The molecular weight excluding hydrogens is 380 g/mol. The van der Waals surface area contributed by atoms with Gasteiger partial charge in [-0.15, -0.1) is 0 Å². The van der Waals surface area contributed by atoms with Crippen LogP contribution in [0.2, 0.25) is 0 Å². The molecule has 2 aromatic rings. The molecule has 2 amide bonds. The molecule has 1 saturated heterocycles. The Morgan fingerprint density at radius 3 is 2.53 bits per heavy atom. The highest BCUT2D eigenvalue weighted by Gasteiger charge is 2.30. The normalized spacial score (nSPS) is 14.7. The molecular formula is C23H26N4O3. The van der Waals surface area contributed by atoms with Crippen LogP contribution in [0.25, 0.3) is 11.1 Å². The number of anilines is 1. The lowest BCUT2D eigenvalue weighted by Gasteiger charge is -2.32. The molecule has 1 aromatic carbocycles. The number of nitrogens with zero attached hydrogens (tertiary/aromatic N) is 3. The average molecular weight is 406 g/mol. The van der Waals surface area contributed by atoms with Gasteiger partial charge in [0.25, 0.3) is 0 Å². The second-order valence-electron chi connectivity index (χ2n) is 8.35. The van der Waals surface area contributed by atoms with E-state index < -0.39 is 5.60 Å². The van der Waals surface area contributed by atoms with Gasteiger partial charge in [0, 0.05) is 25.2 Å². The zero-order chi connectivity index (χ0) is 21.7. The Bertz CT molecular complexity index is 967. The number of hydrogen-bond donors (Lipinski definition) is 1. The average Bonchev–Trinajstić information content (AvgIpc) is 2.73. The third kappa shape index (κ3) is 5.57. The van der Waals surface area contributed by atoms with E-state index in [2.05, 4.69) is 16.4 Å². The molecule has 0 spiro atoms. The number of amides is 2. The van der Waals surface area contributed by atoms with Gasteiger partial charge in [0.05, 0.1) is 11.6 Å². The predicted octanol–water partition coefficient (Wildman–Crippen LogP) is 4.21. The molecule has 1 fully saturated rings. The van der Waals surface area contributed by atoms with Gasteiger partial charge < -0.3 is 15.0 Å². The fourth-order valence-electron chi connectivity index (χ4n) is 3.33. The summed E-state index contributed by atoms with van der Waals surface area (Å²) in [5.74, 6) is 0.180. The van der Waals surface area contributed by atoms with Crippen molar-refractivity contribution in [3.8, 4) is 17.2 Å². The number of nitriles is 1. The number of aromatic nitrogens is 1. The summed E-state index contributed by atoms with van der Waals surface area (Å²) in [6.45, 7) is 6.48. The van der Waals surface area contributed by atoms with Gasteiger partial charge >= 0.3 is 6.09 Å². The van der Waals surface area contributed by atoms with Gasteiger partial charge in [-0.2, -0.15) is 5.26 Å². The van der Waals surface area contributed by atoms with Crippen LogP contribution in [0.5, 0.6) is 0 Å². The lowest BCUT2D eigenvalue weighted by Crippen LogP contribution is -2.43. The molecule has 0 bridgehead atoms. The maximum Gasteiger partial charge on any atom is 0.410 e. The van der Waals surface area contributed by atoms with Crippen molar-refractivity contribution < 1.29 is 14.3 Å². The maximum absolute atomic E-state index is 12.7. The van der Waals surface area contributed by atoms with Crippen LogP contribution in [0.15, 0.2) is 42.6 Å². The molecule has 0 saturated carbocycles. The highest BCUT2D eigenvalue weighted by Crippen LogP contribution is 2.24. The van der Waals surface area contributed by atoms with Gasteiger partial charge in [0.15, 0.2) is 0 Å². The first-order valence-corrected chi connectivity index (χ1v) is 10.0. The van der Waals surface area contributed by atoms with Gasteiger partial charge in [-0.25, -0.2) is 9.78 Å². The van der Waals surface area contributed by atoms with Gasteiger partial charge in [0.1, 0.15) is 11.4 Å². The van der Waals surface area contributed by atoms with Crippen LogP contribution in [0.4, 0.5) is 10.6 Å². The zero-order valence-electron chi connectivity index (χ0n) is 17.5. The number of carbonyl (C=O) groups is 2. The van der Waals surface area contributed by atoms with Crippen molar-refractivity contribution >= 4 is 17.8 Å². The molecule has 0 atom stereocenters. The van der Waals surface area contributed by atoms with Crippen molar-refractivity contribution in [2.45, 2.75) is 39.2 Å². The Labute approximate surface area is 176 Å². The minimum absolute atomic E-state index is 0.103. The van der Waals surface area contributed by atoms with Gasteiger partial charge in [-0.05, 0) is 69.0 Å². The van der Waals surface area contributed by atoms with E-state index in [1.54, 1.807) is 29.3 Å². The smallest absolute Gasteiger partial charge is 0.410 e. The van der Waals surface area contributed by atoms with Crippen LogP contribution in [0, 0.1) is 17.2 Å². The Hall–Kier alpha value is -3.40. The Kier molecular flexibility index (Phi) is 6.36. The molecule has 0 aliphatic carbocycles. The van der Waals surface area contributed by atoms with Crippen molar-refractivity contribution in [1.82, 2.24) is 9.88 Å². The van der Waals surface area contributed by atoms with E-state index in [4.69, 9.17) is 10.00 Å². The first-order valence-electron chi connectivity index (χ1n) is 10.0. The standard InChI is InChI=1S/C23H26N4O3/c1-23(2,3)30-22(29)27-11-8-17(9-12-27)21(28)26-20-14-19(7-10-25-20)18-6-4-5-16(13-18)15-24/h4-7,10,13-14,17H,8-9,11-12H2,1-3H3,(H,25,26,28). The van der Waals surface area contributed by atoms with E-state index in [0.29, 0.717) is 37.3 Å². The first kappa shape index (κ1) is 21.3. The molecule has 7 nitrogen and oxygen atoms in total. The molecule has 0 unspecified atom stereocenters. The summed E-state index contributed by atoms with van der Waals surface area (Å²) in [6.07, 6.45) is 2.45. The summed E-state index contributed by atoms with van der Waals surface area (Å²) in [5, 5.41) is 12.0. The SMILES string of the molecule is CC(C)(C)OC(=O)N1CCC(C(=O)Nc2cc(-c3cccc(C#N)c3)ccn2)CC1. The second-order valence-corrected chi connectivity index (χ2v) is 8.35. The van der Waals surface area contributed by atoms with E-state index >= 15 is 0 Å². The molecule has 1 N–H and O–H groups in total. The molecule has 156 valence electrons. The van der Waals surface area contributed by atoms with Crippen molar-refractivity contribution in [2.24, 2.45) is 5.92 Å². The molecule has 0 radical (unpaired) electrons. The van der Waals surface area contributed by atoms with Crippen molar-refractivity contribution in [1.29, 1.82) is 5.26 Å². The van der Waals surface area contributed by atoms with Crippen LogP contribution in [-0.4, -0.2) is 40.6 Å². The topological polar surface area (TPSA) is 95.3 Å². The Morgan fingerprint density at radius 2 is 1.87 bits per heavy atom. The molecule has 1 aliphatic heterocycles. The highest BCUT2D eigenvalue weighted by atomic mass is 16.6. The fourth-order valence-corrected chi connectivity index (χ4v) is 3.33. The molecule has 2 heterocycles. The Morgan fingerprint density at radius 1 is 1.17 bits per heavy atom. The largest absolute Gasteiger partial charge is 0.444 e. The number of likely N-dealkylation sites (tertiary alicyclic amines) is 1. The third-order valence-electron chi connectivity index (χ3n) is 4.85. The summed E-state index contributed by atoms with van der Waals surface area (Å²) in [5.41, 5.74) is 1.80. The van der Waals surface area contributed by atoms with Crippen LogP contribution >= 0.6 is 0 Å². The summed E-state index contributed by atoms with van der Waals surface area (Å²) >= 11 is 0. The number of ether oxygens (including phenoxy) is 1. The summed E-state index contributed by atoms with van der Waals surface area (Å²) in [7, 11) is 0. The van der Waals surface area contributed by atoms with E-state index in [-0.39, 0.29) is 17.9 Å². The predicted molar refractivity (Wildman–Crippen MR) is 114 cm³/mol. The quantitative estimate of drug-likeness (QED) is 0.824. The van der Waals surface area contributed by atoms with Gasteiger partial charge in [0.2, 0.25) is 5.91 Å². The lowest BCUT2D eigenvalue weighted by molar-refractivity contribution is -0.121. The van der Waals surface area contributed by atoms with E-state index in [9.17, 15) is 9.59 Å². The second kappa shape index (κ2) is 8.95. The number of rotatable bonds is 3. The number of carbonyl (C=O) groups excluding carboxylic acids is 2. The van der Waals surface area contributed by atoms with Crippen LogP contribution in [0.3, 0.4) is 0 Å². The van der Waals surface area contributed by atoms with Crippen molar-refractivity contribution in [3.05, 3.63) is 48.2 Å². The summed E-state index contributed by atoms with van der Waals surface area (Å²) in [6, 6.07) is 13.0. The van der Waals surface area contributed by atoms with Crippen molar-refractivity contribution in [3.63, 3.8) is 0 Å². The minimum atomic E-state index is -0.533. The van der Waals surface area contributed by atoms with E-state index in [1.165, 1.54) is 0 Å². The van der Waals surface area contributed by atoms with Gasteiger partial charge in [-0.3, -0.25) is 4.79 Å². The highest BCUT2D eigenvalue weighted by molar-refractivity contribution is 5.92. The molecule has 7 heteroatoms. The number of nitrogens with one attached hydrogen (secondary N) is 1. The first-order chi connectivity index (χ1) is 14.2. The van der Waals surface area contributed by atoms with Crippen LogP contribution < -0.4 is 5.32 Å². The van der Waals surface area contributed by atoms with Crippen molar-refractivity contribution in [2.75, 3.05) is 18.4 Å². The van der Waals surface area contributed by atoms with Crippen LogP contribution in [0.1, 0.15) is 39.2 Å². The number of pyridine rings is 1. The molecule has 1 aliphatic rings. The van der Waals surface area contributed by atoms with Gasteiger partial charge in [-0.1, -0.05) is 12.1 Å². The zero-order valence-corrected chi connectivity index (χ0v) is 17.5. The third-order valence-corrected chi connectivity index (χ3v) is 4.85.